The minimum absolute atomic E-state index is 0.128. The highest BCUT2D eigenvalue weighted by atomic mass is 35.5. The van der Waals surface area contributed by atoms with Gasteiger partial charge in [-0.05, 0) is 43.0 Å². The van der Waals surface area contributed by atoms with Gasteiger partial charge in [0.1, 0.15) is 5.52 Å². The maximum atomic E-state index is 9.05. The molecule has 0 fully saturated rings. The van der Waals surface area contributed by atoms with Crippen LogP contribution >= 0.6 is 11.6 Å². The van der Waals surface area contributed by atoms with Gasteiger partial charge in [-0.3, -0.25) is 4.98 Å². The Labute approximate surface area is 130 Å². The molecule has 2 aromatic rings. The van der Waals surface area contributed by atoms with E-state index in [2.05, 4.69) is 28.8 Å². The number of aliphatic hydroxyl groups excluding tert-OH is 1. The van der Waals surface area contributed by atoms with Crippen LogP contribution in [0.2, 0.25) is 5.28 Å². The second-order valence-electron chi connectivity index (χ2n) is 5.11. The van der Waals surface area contributed by atoms with E-state index in [-0.39, 0.29) is 11.4 Å². The predicted molar refractivity (Wildman–Crippen MR) is 87.1 cm³/mol. The molecular weight excluding hydrogens is 288 g/mol. The minimum Gasteiger partial charge on any atom is -0.393 e. The fourth-order valence-electron chi connectivity index (χ4n) is 1.73. The highest BCUT2D eigenvalue weighted by molar-refractivity contribution is 6.28. The van der Waals surface area contributed by atoms with Crippen molar-refractivity contribution in [3.63, 3.8) is 0 Å². The van der Waals surface area contributed by atoms with Crippen LogP contribution in [0.15, 0.2) is 18.3 Å². The molecule has 0 saturated carbocycles. The Kier molecular flexibility index (Phi) is 7.32. The summed E-state index contributed by atoms with van der Waals surface area (Å²) in [5.41, 5.74) is 6.81. The van der Waals surface area contributed by atoms with Crippen molar-refractivity contribution < 1.29 is 5.11 Å². The first kappa shape index (κ1) is 17.6. The largest absolute Gasteiger partial charge is 0.393 e. The fraction of sp³-hybridized carbons (Fsp3) is 0.533. The van der Waals surface area contributed by atoms with Gasteiger partial charge in [0.2, 0.25) is 5.28 Å². The SMILES string of the molecule is CCCCC(C)C(C)O.Nc1nc(Cl)nc2cccnc12. The molecule has 21 heavy (non-hydrogen) atoms. The Morgan fingerprint density at radius 3 is 2.67 bits per heavy atom. The highest BCUT2D eigenvalue weighted by Crippen LogP contribution is 2.15. The zero-order chi connectivity index (χ0) is 15.8. The van der Waals surface area contributed by atoms with Gasteiger partial charge in [0.15, 0.2) is 5.82 Å². The van der Waals surface area contributed by atoms with Crippen LogP contribution in [0, 0.1) is 5.92 Å². The molecule has 0 bridgehead atoms. The lowest BCUT2D eigenvalue weighted by molar-refractivity contribution is 0.128. The van der Waals surface area contributed by atoms with Crippen molar-refractivity contribution in [2.24, 2.45) is 5.92 Å². The normalized spacial score (nSPS) is 13.4. The summed E-state index contributed by atoms with van der Waals surface area (Å²) in [5.74, 6) is 0.788. The number of hydrogen-bond donors (Lipinski definition) is 2. The molecular formula is C15H23ClN4O. The van der Waals surface area contributed by atoms with Gasteiger partial charge in [-0.25, -0.2) is 4.98 Å². The van der Waals surface area contributed by atoms with Crippen molar-refractivity contribution in [2.45, 2.75) is 46.1 Å². The van der Waals surface area contributed by atoms with E-state index in [9.17, 15) is 0 Å². The van der Waals surface area contributed by atoms with Gasteiger partial charge in [-0.1, -0.05) is 26.7 Å². The summed E-state index contributed by atoms with van der Waals surface area (Å²) in [6.07, 6.45) is 5.14. The Morgan fingerprint density at radius 1 is 1.33 bits per heavy atom. The third-order valence-electron chi connectivity index (χ3n) is 3.29. The van der Waals surface area contributed by atoms with Crippen molar-refractivity contribution in [3.05, 3.63) is 23.6 Å². The monoisotopic (exact) mass is 310 g/mol. The smallest absolute Gasteiger partial charge is 0.225 e. The molecule has 0 aliphatic carbocycles. The van der Waals surface area contributed by atoms with E-state index >= 15 is 0 Å². The molecule has 0 amide bonds. The molecule has 116 valence electrons. The van der Waals surface area contributed by atoms with Crippen LogP contribution in [0.25, 0.3) is 11.0 Å². The summed E-state index contributed by atoms with van der Waals surface area (Å²) >= 11 is 5.59. The average Bonchev–Trinajstić information content (AvgIpc) is 2.45. The number of rotatable bonds is 4. The Hall–Kier alpha value is -1.46. The summed E-state index contributed by atoms with van der Waals surface area (Å²) < 4.78 is 0. The van der Waals surface area contributed by atoms with Gasteiger partial charge < -0.3 is 10.8 Å². The lowest BCUT2D eigenvalue weighted by Crippen LogP contribution is -2.12. The topological polar surface area (TPSA) is 84.9 Å². The quantitative estimate of drug-likeness (QED) is 0.845. The van der Waals surface area contributed by atoms with E-state index in [0.717, 1.165) is 6.42 Å². The fourth-order valence-corrected chi connectivity index (χ4v) is 1.91. The third-order valence-corrected chi connectivity index (χ3v) is 3.46. The van der Waals surface area contributed by atoms with Crippen molar-refractivity contribution in [3.8, 4) is 0 Å². The van der Waals surface area contributed by atoms with Crippen LogP contribution < -0.4 is 5.73 Å². The van der Waals surface area contributed by atoms with Gasteiger partial charge in [0.05, 0.1) is 11.6 Å². The molecule has 2 rings (SSSR count). The molecule has 2 heterocycles. The van der Waals surface area contributed by atoms with Crippen LogP contribution in [0.3, 0.4) is 0 Å². The molecule has 2 aromatic heterocycles. The van der Waals surface area contributed by atoms with Crippen molar-refractivity contribution in [1.82, 2.24) is 15.0 Å². The minimum atomic E-state index is -0.128. The molecule has 0 aliphatic rings. The number of unbranched alkanes of at least 4 members (excludes halogenated alkanes) is 1. The van der Waals surface area contributed by atoms with Gasteiger partial charge in [0.25, 0.3) is 0 Å². The highest BCUT2D eigenvalue weighted by Gasteiger charge is 2.06. The molecule has 2 atom stereocenters. The molecule has 6 heteroatoms. The number of hydrogen-bond acceptors (Lipinski definition) is 5. The molecule has 0 aliphatic heterocycles. The molecule has 2 unspecified atom stereocenters. The summed E-state index contributed by atoms with van der Waals surface area (Å²) in [4.78, 5) is 11.7. The predicted octanol–water partition coefficient (Wildman–Crippen LogP) is 3.45. The number of fused-ring (bicyclic) bond motifs is 1. The molecule has 0 aromatic carbocycles. The molecule has 0 spiro atoms. The third kappa shape index (κ3) is 5.81. The van der Waals surface area contributed by atoms with E-state index in [1.807, 2.05) is 6.92 Å². The van der Waals surface area contributed by atoms with Gasteiger partial charge in [-0.2, -0.15) is 4.98 Å². The average molecular weight is 311 g/mol. The van der Waals surface area contributed by atoms with E-state index in [0.29, 0.717) is 22.8 Å². The number of aliphatic hydroxyl groups is 1. The van der Waals surface area contributed by atoms with Crippen LogP contribution in [-0.4, -0.2) is 26.2 Å². The van der Waals surface area contributed by atoms with Crippen LogP contribution in [-0.2, 0) is 0 Å². The van der Waals surface area contributed by atoms with E-state index in [1.165, 1.54) is 12.8 Å². The number of halogens is 1. The van der Waals surface area contributed by atoms with E-state index in [1.54, 1.807) is 18.3 Å². The summed E-state index contributed by atoms with van der Waals surface area (Å²) in [5, 5.41) is 9.19. The van der Waals surface area contributed by atoms with Gasteiger partial charge in [-0.15, -0.1) is 0 Å². The first-order valence-electron chi connectivity index (χ1n) is 7.17. The van der Waals surface area contributed by atoms with Crippen molar-refractivity contribution in [2.75, 3.05) is 5.73 Å². The lowest BCUT2D eigenvalue weighted by atomic mass is 10.00. The van der Waals surface area contributed by atoms with E-state index < -0.39 is 0 Å². The van der Waals surface area contributed by atoms with Gasteiger partial charge >= 0.3 is 0 Å². The van der Waals surface area contributed by atoms with Crippen LogP contribution in [0.4, 0.5) is 5.82 Å². The van der Waals surface area contributed by atoms with E-state index in [4.69, 9.17) is 22.4 Å². The number of nitrogen functional groups attached to an aromatic ring is 1. The zero-order valence-electron chi connectivity index (χ0n) is 12.8. The Morgan fingerprint density at radius 2 is 2.05 bits per heavy atom. The van der Waals surface area contributed by atoms with Gasteiger partial charge in [0, 0.05) is 6.20 Å². The second-order valence-corrected chi connectivity index (χ2v) is 5.45. The second kappa shape index (κ2) is 8.74. The van der Waals surface area contributed by atoms with Crippen molar-refractivity contribution in [1.29, 1.82) is 0 Å². The molecule has 0 radical (unpaired) electrons. The van der Waals surface area contributed by atoms with Crippen LogP contribution in [0.5, 0.6) is 0 Å². The maximum absolute atomic E-state index is 9.05. The van der Waals surface area contributed by atoms with Crippen LogP contribution in [0.1, 0.15) is 40.0 Å². The zero-order valence-corrected chi connectivity index (χ0v) is 13.5. The maximum Gasteiger partial charge on any atom is 0.225 e. The lowest BCUT2D eigenvalue weighted by Gasteiger charge is -2.12. The summed E-state index contributed by atoms with van der Waals surface area (Å²) in [6, 6.07) is 3.55. The number of nitrogens with zero attached hydrogens (tertiary/aromatic N) is 3. The Bertz CT molecular complexity index is 562. The first-order chi connectivity index (χ1) is 9.95. The molecule has 0 saturated heterocycles. The molecule has 5 nitrogen and oxygen atoms in total. The number of pyridine rings is 1. The number of aromatic nitrogens is 3. The standard InChI is InChI=1S/C8H18O.C7H5ClN4/c1-4-5-6-7(2)8(3)9;8-7-11-4-2-1-3-10-5(4)6(9)12-7/h7-9H,4-6H2,1-3H3;1-3H,(H2,9,11,12). The summed E-state index contributed by atoms with van der Waals surface area (Å²) in [6.45, 7) is 6.13. The van der Waals surface area contributed by atoms with Crippen molar-refractivity contribution >= 4 is 28.5 Å². The Balaban J connectivity index is 0.000000222. The first-order valence-corrected chi connectivity index (χ1v) is 7.55. The molecule has 3 N–H and O–H groups in total. The summed E-state index contributed by atoms with van der Waals surface area (Å²) in [7, 11) is 0. The number of anilines is 1. The number of nitrogens with two attached hydrogens (primary N) is 1.